The quantitative estimate of drug-likeness (QED) is 0.772. The van der Waals surface area contributed by atoms with Crippen LogP contribution in [0.3, 0.4) is 0 Å². The second-order valence-electron chi connectivity index (χ2n) is 6.13. The lowest BCUT2D eigenvalue weighted by Gasteiger charge is -2.32. The number of rotatable bonds is 5. The van der Waals surface area contributed by atoms with Crippen LogP contribution in [0.15, 0.2) is 11.0 Å². The van der Waals surface area contributed by atoms with Gasteiger partial charge in [-0.05, 0) is 32.9 Å². The fourth-order valence-electron chi connectivity index (χ4n) is 3.01. The van der Waals surface area contributed by atoms with Gasteiger partial charge in [-0.25, -0.2) is 5.10 Å². The number of aromatic nitrogens is 2. The Morgan fingerprint density at radius 2 is 2.12 bits per heavy atom. The van der Waals surface area contributed by atoms with E-state index in [-0.39, 0.29) is 23.6 Å². The minimum Gasteiger partial charge on any atom is -0.469 e. The zero-order chi connectivity index (χ0) is 18.6. The molecule has 0 spiro atoms. The normalized spacial score (nSPS) is 18.0. The van der Waals surface area contributed by atoms with E-state index in [1.807, 2.05) is 0 Å². The SMILES string of the molecule is COC(=O)C1CCN(CC(C)Nc2cn[nH]c(=O)c2C(F)(F)F)CC1. The highest BCUT2D eigenvalue weighted by atomic mass is 19.4. The number of carbonyl (C=O) groups excluding carboxylic acids is 1. The van der Waals surface area contributed by atoms with Crippen LogP contribution in [0, 0.1) is 5.92 Å². The van der Waals surface area contributed by atoms with Crippen molar-refractivity contribution in [2.75, 3.05) is 32.1 Å². The van der Waals surface area contributed by atoms with Crippen molar-refractivity contribution in [3.05, 3.63) is 22.1 Å². The van der Waals surface area contributed by atoms with Crippen LogP contribution < -0.4 is 10.9 Å². The van der Waals surface area contributed by atoms with Crippen LogP contribution in [-0.4, -0.2) is 53.9 Å². The average molecular weight is 362 g/mol. The van der Waals surface area contributed by atoms with Crippen molar-refractivity contribution in [3.8, 4) is 0 Å². The van der Waals surface area contributed by atoms with E-state index < -0.39 is 17.3 Å². The summed E-state index contributed by atoms with van der Waals surface area (Å²) in [6, 6.07) is -0.334. The largest absolute Gasteiger partial charge is 0.469 e. The molecule has 1 aliphatic rings. The Labute approximate surface area is 142 Å². The maximum atomic E-state index is 13.0. The molecule has 0 saturated carbocycles. The number of alkyl halides is 3. The molecule has 1 fully saturated rings. The Hall–Kier alpha value is -2.10. The fraction of sp³-hybridized carbons (Fsp3) is 0.667. The van der Waals surface area contributed by atoms with E-state index in [0.29, 0.717) is 32.5 Å². The van der Waals surface area contributed by atoms with Gasteiger partial charge in [0.15, 0.2) is 0 Å². The van der Waals surface area contributed by atoms with Gasteiger partial charge >= 0.3 is 12.1 Å². The number of carbonyl (C=O) groups is 1. The van der Waals surface area contributed by atoms with Gasteiger partial charge in [0.25, 0.3) is 5.56 Å². The minimum atomic E-state index is -4.77. The van der Waals surface area contributed by atoms with Gasteiger partial charge in [-0.15, -0.1) is 0 Å². The van der Waals surface area contributed by atoms with E-state index in [4.69, 9.17) is 4.74 Å². The molecule has 1 saturated heterocycles. The van der Waals surface area contributed by atoms with Crippen LogP contribution in [-0.2, 0) is 15.7 Å². The molecule has 1 aromatic heterocycles. The van der Waals surface area contributed by atoms with Gasteiger partial charge in [-0.3, -0.25) is 9.59 Å². The summed E-state index contributed by atoms with van der Waals surface area (Å²) in [5.74, 6) is -0.353. The third kappa shape index (κ3) is 4.94. The van der Waals surface area contributed by atoms with Crippen LogP contribution in [0.5, 0.6) is 0 Å². The highest BCUT2D eigenvalue weighted by Crippen LogP contribution is 2.31. The summed E-state index contributed by atoms with van der Waals surface area (Å²) >= 11 is 0. The van der Waals surface area contributed by atoms with Crippen molar-refractivity contribution in [1.82, 2.24) is 15.1 Å². The Balaban J connectivity index is 1.96. The number of methoxy groups -OCH3 is 1. The maximum absolute atomic E-state index is 13.0. The first kappa shape index (κ1) is 19.2. The molecular weight excluding hydrogens is 341 g/mol. The van der Waals surface area contributed by atoms with Crippen LogP contribution in [0.4, 0.5) is 18.9 Å². The maximum Gasteiger partial charge on any atom is 0.423 e. The molecule has 140 valence electrons. The predicted molar refractivity (Wildman–Crippen MR) is 84.1 cm³/mol. The van der Waals surface area contributed by atoms with Gasteiger partial charge in [0.05, 0.1) is 24.9 Å². The van der Waals surface area contributed by atoms with Gasteiger partial charge in [0.1, 0.15) is 5.56 Å². The first-order valence-corrected chi connectivity index (χ1v) is 7.94. The summed E-state index contributed by atoms with van der Waals surface area (Å²) < 4.78 is 43.8. The molecule has 0 bridgehead atoms. The van der Waals surface area contributed by atoms with E-state index in [9.17, 15) is 22.8 Å². The van der Waals surface area contributed by atoms with Crippen molar-refractivity contribution in [2.45, 2.75) is 32.0 Å². The zero-order valence-corrected chi connectivity index (χ0v) is 14.0. The molecule has 1 unspecified atom stereocenters. The topological polar surface area (TPSA) is 87.3 Å². The molecule has 0 radical (unpaired) electrons. The standard InChI is InChI=1S/C15H21F3N4O3/c1-9(8-22-5-3-10(4-6-22)14(24)25-2)20-11-7-19-21-13(23)12(11)15(16,17)18/h7,9-10H,3-6,8H2,1-2H3,(H2,20,21,23). The number of ether oxygens (including phenoxy) is 1. The smallest absolute Gasteiger partial charge is 0.423 e. The number of hydrogen-bond acceptors (Lipinski definition) is 6. The molecule has 0 aliphatic carbocycles. The molecule has 2 rings (SSSR count). The van der Waals surface area contributed by atoms with E-state index in [1.165, 1.54) is 7.11 Å². The number of anilines is 1. The number of hydrogen-bond donors (Lipinski definition) is 2. The van der Waals surface area contributed by atoms with Crippen molar-refractivity contribution in [2.24, 2.45) is 5.92 Å². The van der Waals surface area contributed by atoms with Crippen LogP contribution in [0.2, 0.25) is 0 Å². The molecule has 2 N–H and O–H groups in total. The molecule has 1 aliphatic heterocycles. The lowest BCUT2D eigenvalue weighted by molar-refractivity contribution is -0.147. The summed E-state index contributed by atoms with van der Waals surface area (Å²) in [7, 11) is 1.36. The van der Waals surface area contributed by atoms with Crippen LogP contribution in [0.25, 0.3) is 0 Å². The highest BCUT2D eigenvalue weighted by Gasteiger charge is 2.37. The van der Waals surface area contributed by atoms with Gasteiger partial charge in [0.2, 0.25) is 0 Å². The lowest BCUT2D eigenvalue weighted by Crippen LogP contribution is -2.42. The number of nitrogens with one attached hydrogen (secondary N) is 2. The Morgan fingerprint density at radius 1 is 1.48 bits per heavy atom. The summed E-state index contributed by atoms with van der Waals surface area (Å²) in [6.45, 7) is 3.53. The van der Waals surface area contributed by atoms with Crippen molar-refractivity contribution >= 4 is 11.7 Å². The highest BCUT2D eigenvalue weighted by molar-refractivity contribution is 5.72. The van der Waals surface area contributed by atoms with Crippen molar-refractivity contribution < 1.29 is 22.7 Å². The van der Waals surface area contributed by atoms with Gasteiger partial charge in [-0.1, -0.05) is 0 Å². The number of H-pyrrole nitrogens is 1. The number of likely N-dealkylation sites (tertiary alicyclic amines) is 1. The third-order valence-corrected chi connectivity index (χ3v) is 4.20. The fourth-order valence-corrected chi connectivity index (χ4v) is 3.01. The van der Waals surface area contributed by atoms with Gasteiger partial charge < -0.3 is 15.0 Å². The monoisotopic (exact) mass is 362 g/mol. The first-order chi connectivity index (χ1) is 11.7. The molecule has 1 atom stereocenters. The predicted octanol–water partition coefficient (Wildman–Crippen LogP) is 1.47. The van der Waals surface area contributed by atoms with Crippen LogP contribution in [0.1, 0.15) is 25.3 Å². The number of aromatic amines is 1. The second kappa shape index (κ2) is 7.85. The lowest BCUT2D eigenvalue weighted by atomic mass is 9.97. The van der Waals surface area contributed by atoms with Crippen LogP contribution >= 0.6 is 0 Å². The minimum absolute atomic E-state index is 0.127. The summed E-state index contributed by atoms with van der Waals surface area (Å²) in [5, 5.41) is 7.95. The number of nitrogens with zero attached hydrogens (tertiary/aromatic N) is 2. The molecule has 7 nitrogen and oxygen atoms in total. The van der Waals surface area contributed by atoms with Crippen molar-refractivity contribution in [1.29, 1.82) is 0 Å². The second-order valence-corrected chi connectivity index (χ2v) is 6.13. The summed E-state index contributed by atoms with van der Waals surface area (Å²) in [6.07, 6.45) is -2.50. The summed E-state index contributed by atoms with van der Waals surface area (Å²) in [4.78, 5) is 25.0. The third-order valence-electron chi connectivity index (χ3n) is 4.20. The van der Waals surface area contributed by atoms with E-state index in [0.717, 1.165) is 6.20 Å². The molecule has 10 heteroatoms. The summed E-state index contributed by atoms with van der Waals surface area (Å²) in [5.41, 5.74) is -2.89. The number of esters is 1. The van der Waals surface area contributed by atoms with E-state index >= 15 is 0 Å². The van der Waals surface area contributed by atoms with Crippen molar-refractivity contribution in [3.63, 3.8) is 0 Å². The molecular formula is C15H21F3N4O3. The molecule has 1 aromatic rings. The Kier molecular flexibility index (Phi) is 6.04. The average Bonchev–Trinajstić information content (AvgIpc) is 2.53. The molecule has 0 aromatic carbocycles. The van der Waals surface area contributed by atoms with E-state index in [2.05, 4.69) is 15.3 Å². The zero-order valence-electron chi connectivity index (χ0n) is 14.0. The Morgan fingerprint density at radius 3 is 2.68 bits per heavy atom. The molecule has 25 heavy (non-hydrogen) atoms. The number of halogens is 3. The Bertz CT molecular complexity index is 654. The molecule has 2 heterocycles. The van der Waals surface area contributed by atoms with Gasteiger partial charge in [0, 0.05) is 12.6 Å². The first-order valence-electron chi connectivity index (χ1n) is 7.94. The molecule has 0 amide bonds. The van der Waals surface area contributed by atoms with Gasteiger partial charge in [-0.2, -0.15) is 18.3 Å². The number of piperidine rings is 1. The van der Waals surface area contributed by atoms with E-state index in [1.54, 1.807) is 12.0 Å².